The molecule has 0 bridgehead atoms. The van der Waals surface area contributed by atoms with Crippen LogP contribution in [0.25, 0.3) is 0 Å². The highest BCUT2D eigenvalue weighted by atomic mass is 35.5. The van der Waals surface area contributed by atoms with Gasteiger partial charge in [-0.25, -0.2) is 4.98 Å². The highest BCUT2D eigenvalue weighted by molar-refractivity contribution is 6.35. The number of aromatic nitrogens is 2. The minimum Gasteiger partial charge on any atom is -0.377 e. The van der Waals surface area contributed by atoms with Crippen LogP contribution in [0.4, 0.5) is 5.69 Å². The molecule has 1 aromatic heterocycles. The van der Waals surface area contributed by atoms with Crippen LogP contribution in [0.2, 0.25) is 10.0 Å². The lowest BCUT2D eigenvalue weighted by atomic mass is 10.3. The zero-order valence-electron chi connectivity index (χ0n) is 7.80. The molecule has 2 aromatic rings. The van der Waals surface area contributed by atoms with E-state index < -0.39 is 0 Å². The maximum Gasteiger partial charge on any atom is 0.125 e. The first-order valence-electron chi connectivity index (χ1n) is 4.43. The van der Waals surface area contributed by atoms with Crippen molar-refractivity contribution in [3.8, 4) is 0 Å². The van der Waals surface area contributed by atoms with Crippen LogP contribution in [-0.4, -0.2) is 9.97 Å². The molecular formula is C10H9Cl2N3. The molecule has 0 aliphatic heterocycles. The van der Waals surface area contributed by atoms with Crippen molar-refractivity contribution in [3.63, 3.8) is 0 Å². The summed E-state index contributed by atoms with van der Waals surface area (Å²) in [7, 11) is 0. The Kier molecular flexibility index (Phi) is 3.14. The smallest absolute Gasteiger partial charge is 0.125 e. The third kappa shape index (κ3) is 2.64. The summed E-state index contributed by atoms with van der Waals surface area (Å²) >= 11 is 11.8. The van der Waals surface area contributed by atoms with E-state index in [2.05, 4.69) is 15.3 Å². The maximum atomic E-state index is 5.98. The van der Waals surface area contributed by atoms with Gasteiger partial charge in [-0.15, -0.1) is 0 Å². The Bertz CT molecular complexity index is 440. The Morgan fingerprint density at radius 1 is 1.33 bits per heavy atom. The number of aromatic amines is 1. The first-order valence-corrected chi connectivity index (χ1v) is 5.18. The van der Waals surface area contributed by atoms with Gasteiger partial charge in [0.2, 0.25) is 0 Å². The third-order valence-electron chi connectivity index (χ3n) is 1.93. The fourth-order valence-corrected chi connectivity index (χ4v) is 1.56. The van der Waals surface area contributed by atoms with Crippen molar-refractivity contribution in [2.24, 2.45) is 0 Å². The number of anilines is 1. The highest BCUT2D eigenvalue weighted by Crippen LogP contribution is 2.25. The van der Waals surface area contributed by atoms with E-state index in [1.807, 2.05) is 0 Å². The quantitative estimate of drug-likeness (QED) is 0.866. The van der Waals surface area contributed by atoms with Gasteiger partial charge in [0.15, 0.2) is 0 Å². The van der Waals surface area contributed by atoms with Crippen LogP contribution in [0.5, 0.6) is 0 Å². The van der Waals surface area contributed by atoms with E-state index in [1.54, 1.807) is 30.6 Å². The van der Waals surface area contributed by atoms with Gasteiger partial charge < -0.3 is 10.3 Å². The Morgan fingerprint density at radius 3 is 2.93 bits per heavy atom. The summed E-state index contributed by atoms with van der Waals surface area (Å²) in [6, 6.07) is 5.29. The molecule has 0 aliphatic carbocycles. The van der Waals surface area contributed by atoms with Crippen LogP contribution in [0, 0.1) is 0 Å². The number of hydrogen-bond donors (Lipinski definition) is 2. The van der Waals surface area contributed by atoms with Crippen molar-refractivity contribution in [3.05, 3.63) is 46.5 Å². The lowest BCUT2D eigenvalue weighted by molar-refractivity contribution is 1.00. The molecule has 0 aliphatic rings. The molecule has 0 radical (unpaired) electrons. The molecule has 1 heterocycles. The second-order valence-electron chi connectivity index (χ2n) is 3.01. The van der Waals surface area contributed by atoms with Crippen molar-refractivity contribution >= 4 is 28.9 Å². The van der Waals surface area contributed by atoms with E-state index in [0.29, 0.717) is 16.6 Å². The van der Waals surface area contributed by atoms with E-state index in [1.165, 1.54) is 0 Å². The fraction of sp³-hybridized carbons (Fsp3) is 0.100. The fourth-order valence-electron chi connectivity index (χ4n) is 1.21. The summed E-state index contributed by atoms with van der Waals surface area (Å²) in [6.07, 6.45) is 3.48. The second-order valence-corrected chi connectivity index (χ2v) is 3.86. The number of H-pyrrole nitrogens is 1. The Balaban J connectivity index is 2.07. The Hall–Kier alpha value is -1.19. The predicted octanol–water partition coefficient (Wildman–Crippen LogP) is 3.33. The highest BCUT2D eigenvalue weighted by Gasteiger charge is 2.01. The summed E-state index contributed by atoms with van der Waals surface area (Å²) in [5, 5.41) is 4.44. The number of nitrogens with zero attached hydrogens (tertiary/aromatic N) is 1. The monoisotopic (exact) mass is 241 g/mol. The van der Waals surface area contributed by atoms with Gasteiger partial charge in [0.1, 0.15) is 5.82 Å². The molecule has 0 spiro atoms. The number of halogens is 2. The van der Waals surface area contributed by atoms with Crippen molar-refractivity contribution in [2.75, 3.05) is 5.32 Å². The van der Waals surface area contributed by atoms with E-state index in [4.69, 9.17) is 23.2 Å². The maximum absolute atomic E-state index is 5.98. The van der Waals surface area contributed by atoms with Crippen LogP contribution in [-0.2, 0) is 6.54 Å². The average molecular weight is 242 g/mol. The Labute approximate surface area is 97.4 Å². The van der Waals surface area contributed by atoms with Gasteiger partial charge in [-0.1, -0.05) is 23.2 Å². The van der Waals surface area contributed by atoms with Gasteiger partial charge in [0.25, 0.3) is 0 Å². The molecule has 0 amide bonds. The van der Waals surface area contributed by atoms with Crippen LogP contribution in [0.3, 0.4) is 0 Å². The molecule has 2 N–H and O–H groups in total. The van der Waals surface area contributed by atoms with E-state index >= 15 is 0 Å². The standard InChI is InChI=1S/C10H9Cl2N3/c11-7-1-2-8(12)9(5-7)15-6-10-13-3-4-14-10/h1-5,15H,6H2,(H,13,14). The number of rotatable bonds is 3. The molecule has 0 saturated carbocycles. The van der Waals surface area contributed by atoms with E-state index in [0.717, 1.165) is 11.5 Å². The normalized spacial score (nSPS) is 10.3. The Morgan fingerprint density at radius 2 is 2.20 bits per heavy atom. The number of nitrogens with one attached hydrogen (secondary N) is 2. The molecule has 0 atom stereocenters. The minimum absolute atomic E-state index is 0.590. The zero-order chi connectivity index (χ0) is 10.7. The zero-order valence-corrected chi connectivity index (χ0v) is 9.31. The summed E-state index contributed by atoms with van der Waals surface area (Å²) in [4.78, 5) is 7.08. The number of hydrogen-bond acceptors (Lipinski definition) is 2. The van der Waals surface area contributed by atoms with Crippen molar-refractivity contribution in [1.82, 2.24) is 9.97 Å². The summed E-state index contributed by atoms with van der Waals surface area (Å²) in [6.45, 7) is 0.590. The molecular weight excluding hydrogens is 233 g/mol. The van der Waals surface area contributed by atoms with Gasteiger partial charge in [-0.3, -0.25) is 0 Å². The first-order chi connectivity index (χ1) is 7.25. The van der Waals surface area contributed by atoms with Crippen molar-refractivity contribution < 1.29 is 0 Å². The summed E-state index contributed by atoms with van der Waals surface area (Å²) in [5.74, 6) is 0.853. The minimum atomic E-state index is 0.590. The number of benzene rings is 1. The summed E-state index contributed by atoms with van der Waals surface area (Å²) < 4.78 is 0. The lowest BCUT2D eigenvalue weighted by Crippen LogP contribution is -2.01. The van der Waals surface area contributed by atoms with Gasteiger partial charge in [0.05, 0.1) is 17.3 Å². The van der Waals surface area contributed by atoms with Crippen molar-refractivity contribution in [2.45, 2.75) is 6.54 Å². The molecule has 0 unspecified atom stereocenters. The van der Waals surface area contributed by atoms with E-state index in [-0.39, 0.29) is 0 Å². The molecule has 0 fully saturated rings. The third-order valence-corrected chi connectivity index (χ3v) is 2.49. The summed E-state index contributed by atoms with van der Waals surface area (Å²) in [5.41, 5.74) is 0.806. The number of imidazole rings is 1. The van der Waals surface area contributed by atoms with Crippen LogP contribution >= 0.6 is 23.2 Å². The van der Waals surface area contributed by atoms with Crippen molar-refractivity contribution in [1.29, 1.82) is 0 Å². The molecule has 0 saturated heterocycles. The van der Waals surface area contributed by atoms with Gasteiger partial charge in [-0.2, -0.15) is 0 Å². The largest absolute Gasteiger partial charge is 0.377 e. The molecule has 78 valence electrons. The average Bonchev–Trinajstić information content (AvgIpc) is 2.72. The second kappa shape index (κ2) is 4.55. The van der Waals surface area contributed by atoms with Crippen LogP contribution in [0.1, 0.15) is 5.82 Å². The molecule has 15 heavy (non-hydrogen) atoms. The molecule has 5 heteroatoms. The molecule has 1 aromatic carbocycles. The SMILES string of the molecule is Clc1ccc(Cl)c(NCc2ncc[nH]2)c1. The topological polar surface area (TPSA) is 40.7 Å². The van der Waals surface area contributed by atoms with E-state index in [9.17, 15) is 0 Å². The molecule has 2 rings (SSSR count). The van der Waals surface area contributed by atoms with Gasteiger partial charge in [-0.05, 0) is 18.2 Å². The predicted molar refractivity (Wildman–Crippen MR) is 62.4 cm³/mol. The molecule has 3 nitrogen and oxygen atoms in total. The van der Waals surface area contributed by atoms with Gasteiger partial charge in [0, 0.05) is 17.4 Å². The van der Waals surface area contributed by atoms with Crippen LogP contribution in [0.15, 0.2) is 30.6 Å². The lowest BCUT2D eigenvalue weighted by Gasteiger charge is -2.06. The first kappa shape index (κ1) is 10.3. The van der Waals surface area contributed by atoms with Crippen LogP contribution < -0.4 is 5.32 Å². The van der Waals surface area contributed by atoms with Gasteiger partial charge >= 0.3 is 0 Å².